The van der Waals surface area contributed by atoms with Gasteiger partial charge in [0, 0.05) is 11.1 Å². The van der Waals surface area contributed by atoms with Crippen molar-refractivity contribution in [1.29, 1.82) is 4.78 Å². The molecule has 2 aliphatic carbocycles. The predicted molar refractivity (Wildman–Crippen MR) is 113 cm³/mol. The predicted octanol–water partition coefficient (Wildman–Crippen LogP) is 2.81. The average molecular weight is 430 g/mol. The number of benzene rings is 1. The van der Waals surface area contributed by atoms with Crippen LogP contribution in [0.4, 0.5) is 5.69 Å². The Morgan fingerprint density at radius 3 is 2.47 bits per heavy atom. The highest BCUT2D eigenvalue weighted by Gasteiger charge is 2.37. The van der Waals surface area contributed by atoms with Crippen molar-refractivity contribution in [3.63, 3.8) is 0 Å². The van der Waals surface area contributed by atoms with Crippen LogP contribution in [0.5, 0.6) is 5.88 Å². The maximum Gasteiger partial charge on any atom is 0.277 e. The normalized spacial score (nSPS) is 20.6. The summed E-state index contributed by atoms with van der Waals surface area (Å²) in [4.78, 5) is 13.2. The van der Waals surface area contributed by atoms with Gasteiger partial charge in [0.05, 0.1) is 13.2 Å². The van der Waals surface area contributed by atoms with Gasteiger partial charge in [0.15, 0.2) is 10.6 Å². The number of amides is 1. The molecule has 5 rings (SSSR count). The third kappa shape index (κ3) is 3.11. The molecule has 2 heterocycles. The number of rotatable bonds is 3. The van der Waals surface area contributed by atoms with Crippen LogP contribution in [-0.2, 0) is 42.1 Å². The van der Waals surface area contributed by atoms with Crippen molar-refractivity contribution in [3.05, 3.63) is 34.0 Å². The molecule has 1 aliphatic heterocycles. The van der Waals surface area contributed by atoms with Crippen molar-refractivity contribution in [2.24, 2.45) is 10.6 Å². The van der Waals surface area contributed by atoms with Gasteiger partial charge in [0.2, 0.25) is 5.88 Å². The zero-order valence-electron chi connectivity index (χ0n) is 17.3. The Morgan fingerprint density at radius 1 is 1.23 bits per heavy atom. The number of ether oxygens (including phenoxy) is 1. The molecule has 8 nitrogen and oxygen atoms in total. The fourth-order valence-electron chi connectivity index (χ4n) is 4.95. The van der Waals surface area contributed by atoms with Crippen LogP contribution in [-0.4, -0.2) is 26.5 Å². The van der Waals surface area contributed by atoms with E-state index in [9.17, 15) is 9.00 Å². The van der Waals surface area contributed by atoms with Crippen molar-refractivity contribution in [3.8, 4) is 5.88 Å². The van der Waals surface area contributed by atoms with Crippen LogP contribution < -0.4 is 15.2 Å². The lowest BCUT2D eigenvalue weighted by molar-refractivity contribution is 0.0967. The summed E-state index contributed by atoms with van der Waals surface area (Å²) in [7, 11) is -3.70. The minimum absolute atomic E-state index is 0.0763. The van der Waals surface area contributed by atoms with Crippen LogP contribution in [0, 0.1) is 10.2 Å². The van der Waals surface area contributed by atoms with E-state index in [0.717, 1.165) is 44.2 Å². The van der Waals surface area contributed by atoms with Crippen LogP contribution in [0.1, 0.15) is 59.4 Å². The summed E-state index contributed by atoms with van der Waals surface area (Å²) in [5, 5.41) is 13.1. The Morgan fingerprint density at radius 2 is 1.87 bits per heavy atom. The average Bonchev–Trinajstić information content (AvgIpc) is 3.36. The summed E-state index contributed by atoms with van der Waals surface area (Å²) in [6.07, 6.45) is 6.10. The van der Waals surface area contributed by atoms with Gasteiger partial charge in [-0.3, -0.25) is 4.79 Å². The molecule has 1 aromatic carbocycles. The number of aryl methyl sites for hydroxylation is 2. The molecule has 1 aromatic heterocycles. The first-order valence-corrected chi connectivity index (χ1v) is 12.0. The summed E-state index contributed by atoms with van der Waals surface area (Å²) < 4.78 is 27.8. The van der Waals surface area contributed by atoms with E-state index in [0.29, 0.717) is 13.2 Å². The molecule has 1 amide bonds. The molecule has 0 spiro atoms. The molecular formula is C21H27N5O3S. The number of nitrogens with zero attached hydrogens (tertiary/aromatic N) is 2. The van der Waals surface area contributed by atoms with Crippen molar-refractivity contribution in [2.75, 3.05) is 11.9 Å². The Bertz CT molecular complexity index is 1150. The zero-order chi connectivity index (χ0) is 21.3. The fourth-order valence-corrected chi connectivity index (χ4v) is 5.80. The fraction of sp³-hybridized carbons (Fsp3) is 0.524. The quantitative estimate of drug-likeness (QED) is 0.694. The number of hydrogen-bond acceptors (Lipinski definition) is 5. The molecule has 4 N–H and O–H groups in total. The molecule has 160 valence electrons. The van der Waals surface area contributed by atoms with Gasteiger partial charge in [-0.1, -0.05) is 19.9 Å². The van der Waals surface area contributed by atoms with Gasteiger partial charge in [-0.05, 0) is 60.8 Å². The molecular weight excluding hydrogens is 402 g/mol. The minimum atomic E-state index is -3.70. The lowest BCUT2D eigenvalue weighted by Gasteiger charge is -2.30. The van der Waals surface area contributed by atoms with Crippen molar-refractivity contribution in [1.82, 2.24) is 9.78 Å². The van der Waals surface area contributed by atoms with Crippen LogP contribution in [0.25, 0.3) is 0 Å². The van der Waals surface area contributed by atoms with Gasteiger partial charge in [0.25, 0.3) is 5.91 Å². The number of carbonyl (C=O) groups excluding carboxylic acids is 1. The van der Waals surface area contributed by atoms with Gasteiger partial charge < -0.3 is 10.1 Å². The zero-order valence-corrected chi connectivity index (χ0v) is 18.2. The molecule has 0 radical (unpaired) electrons. The van der Waals surface area contributed by atoms with E-state index < -0.39 is 15.8 Å². The molecule has 1 atom stereocenters. The lowest BCUT2D eigenvalue weighted by atomic mass is 9.94. The summed E-state index contributed by atoms with van der Waals surface area (Å²) >= 11 is 0. The van der Waals surface area contributed by atoms with Gasteiger partial charge in [0.1, 0.15) is 9.92 Å². The van der Waals surface area contributed by atoms with Gasteiger partial charge in [-0.25, -0.2) is 18.8 Å². The number of nitrogens with one attached hydrogen (secondary N) is 2. The number of carbonyl (C=O) groups is 1. The smallest absolute Gasteiger partial charge is 0.277 e. The molecule has 0 bridgehead atoms. The standard InChI is InChI=1S/C21H27N5O3S/c1-21(2)10-26-20(29-11-21)18(30(22,23)28)17(25-26)19(27)24-16-14-7-3-5-12(14)9-13-6-4-8-15(13)16/h9H,3-8,10-11H2,1-2H3,(H,24,27)(H3,22,23,28). The number of aromatic nitrogens is 2. The van der Waals surface area contributed by atoms with Gasteiger partial charge >= 0.3 is 0 Å². The van der Waals surface area contributed by atoms with E-state index in [1.165, 1.54) is 26.9 Å². The first-order valence-electron chi connectivity index (χ1n) is 10.4. The maximum absolute atomic E-state index is 13.4. The summed E-state index contributed by atoms with van der Waals surface area (Å²) in [6.45, 7) is 4.92. The summed E-state index contributed by atoms with van der Waals surface area (Å²) in [5.41, 5.74) is 5.63. The SMILES string of the molecule is CC1(C)COc2c(S(=N)(N)=O)c(C(=O)Nc3c4c(cc5c3CCC5)CCC4)nn2C1. The van der Waals surface area contributed by atoms with Crippen molar-refractivity contribution in [2.45, 2.75) is 63.8 Å². The summed E-state index contributed by atoms with van der Waals surface area (Å²) in [6, 6.07) is 2.30. The monoisotopic (exact) mass is 429 g/mol. The van der Waals surface area contributed by atoms with E-state index in [-0.39, 0.29) is 21.9 Å². The highest BCUT2D eigenvalue weighted by atomic mass is 32.2. The van der Waals surface area contributed by atoms with Crippen molar-refractivity contribution >= 4 is 21.5 Å². The van der Waals surface area contributed by atoms with E-state index in [1.807, 2.05) is 13.8 Å². The third-order valence-electron chi connectivity index (χ3n) is 6.27. The van der Waals surface area contributed by atoms with E-state index in [4.69, 9.17) is 14.7 Å². The molecule has 0 fully saturated rings. The van der Waals surface area contributed by atoms with Gasteiger partial charge in [-0.2, -0.15) is 5.10 Å². The topological polar surface area (TPSA) is 123 Å². The van der Waals surface area contributed by atoms with E-state index >= 15 is 0 Å². The Balaban J connectivity index is 1.59. The highest BCUT2D eigenvalue weighted by molar-refractivity contribution is 7.90. The lowest BCUT2D eigenvalue weighted by Crippen LogP contribution is -2.33. The Kier molecular flexibility index (Phi) is 4.27. The molecule has 0 saturated carbocycles. The summed E-state index contributed by atoms with van der Waals surface area (Å²) in [5.74, 6) is -0.307. The van der Waals surface area contributed by atoms with Crippen molar-refractivity contribution < 1.29 is 13.7 Å². The first-order chi connectivity index (χ1) is 14.1. The number of fused-ring (bicyclic) bond motifs is 3. The molecule has 9 heteroatoms. The number of hydrogen-bond donors (Lipinski definition) is 3. The Labute approximate surface area is 176 Å². The molecule has 0 saturated heterocycles. The second-order valence-corrected chi connectivity index (χ2v) is 11.0. The largest absolute Gasteiger partial charge is 0.476 e. The molecule has 1 unspecified atom stereocenters. The van der Waals surface area contributed by atoms with E-state index in [2.05, 4.69) is 16.5 Å². The second-order valence-electron chi connectivity index (χ2n) is 9.38. The van der Waals surface area contributed by atoms with Gasteiger partial charge in [-0.15, -0.1) is 0 Å². The highest BCUT2D eigenvalue weighted by Crippen LogP contribution is 2.40. The Hall–Kier alpha value is -2.39. The third-order valence-corrected chi connectivity index (χ3v) is 7.25. The van der Waals surface area contributed by atoms with Crippen LogP contribution >= 0.6 is 0 Å². The van der Waals surface area contributed by atoms with E-state index in [1.54, 1.807) is 0 Å². The van der Waals surface area contributed by atoms with Crippen LogP contribution in [0.15, 0.2) is 11.0 Å². The maximum atomic E-state index is 13.4. The molecule has 30 heavy (non-hydrogen) atoms. The first kappa shape index (κ1) is 19.6. The van der Waals surface area contributed by atoms with Crippen LogP contribution in [0.3, 0.4) is 0 Å². The molecule has 3 aliphatic rings. The number of anilines is 1. The second kappa shape index (κ2) is 6.55. The number of nitrogens with two attached hydrogens (primary N) is 1. The molecule has 2 aromatic rings. The van der Waals surface area contributed by atoms with Crippen LogP contribution in [0.2, 0.25) is 0 Å². The minimum Gasteiger partial charge on any atom is -0.476 e.